The Morgan fingerprint density at radius 3 is 2.81 bits per heavy atom. The minimum atomic E-state index is -0.454. The first kappa shape index (κ1) is 13.8. The van der Waals surface area contributed by atoms with Gasteiger partial charge in [0.05, 0.1) is 17.8 Å². The predicted molar refractivity (Wildman–Crippen MR) is 84.5 cm³/mol. The number of amidine groups is 1. The number of carbonyl (C=O) groups excluding carboxylic acids is 1. The predicted octanol–water partition coefficient (Wildman–Crippen LogP) is 1.88. The van der Waals surface area contributed by atoms with Crippen molar-refractivity contribution in [3.63, 3.8) is 0 Å². The summed E-state index contributed by atoms with van der Waals surface area (Å²) < 4.78 is 0. The summed E-state index contributed by atoms with van der Waals surface area (Å²) in [4.78, 5) is 18.5. The van der Waals surface area contributed by atoms with Gasteiger partial charge in [0.2, 0.25) is 5.91 Å². The fourth-order valence-corrected chi connectivity index (χ4v) is 2.97. The molecule has 0 aromatic heterocycles. The fraction of sp³-hybridized carbons (Fsp3) is 0.375. The smallest absolute Gasteiger partial charge is 0.249 e. The van der Waals surface area contributed by atoms with Gasteiger partial charge in [-0.25, -0.2) is 4.99 Å². The molecule has 1 aromatic rings. The molecular weight excluding hydrogens is 264 g/mol. The lowest BCUT2D eigenvalue weighted by atomic mass is 10.0. The molecule has 1 amide bonds. The molecule has 0 bridgehead atoms. The molecule has 5 heteroatoms. The van der Waals surface area contributed by atoms with Crippen molar-refractivity contribution in [3.8, 4) is 0 Å². The highest BCUT2D eigenvalue weighted by atomic mass is 16.1. The van der Waals surface area contributed by atoms with Gasteiger partial charge in [0.15, 0.2) is 0 Å². The van der Waals surface area contributed by atoms with Crippen molar-refractivity contribution < 1.29 is 4.79 Å². The molecule has 0 spiro atoms. The number of piperidine rings is 1. The van der Waals surface area contributed by atoms with E-state index in [1.807, 2.05) is 6.07 Å². The molecule has 1 aromatic carbocycles. The summed E-state index contributed by atoms with van der Waals surface area (Å²) in [6.07, 6.45) is 3.81. The largest absolute Gasteiger partial charge is 0.366 e. The van der Waals surface area contributed by atoms with E-state index in [0.29, 0.717) is 16.8 Å². The van der Waals surface area contributed by atoms with E-state index in [4.69, 9.17) is 5.73 Å². The van der Waals surface area contributed by atoms with E-state index in [-0.39, 0.29) is 0 Å². The van der Waals surface area contributed by atoms with Crippen LogP contribution in [-0.2, 0) is 0 Å². The van der Waals surface area contributed by atoms with Gasteiger partial charge in [-0.05, 0) is 38.1 Å². The molecule has 0 aliphatic carbocycles. The van der Waals surface area contributed by atoms with E-state index >= 15 is 0 Å². The Hall–Kier alpha value is -2.14. The standard InChI is InChI=1S/C16H20N4O/c1-11-15-12(16(17)21)6-5-7-13(15)19-14(18-11)10-20-8-3-2-4-9-20/h5-7H,1-4,8-10H2,(H2,17,21)(H,18,19). The van der Waals surface area contributed by atoms with Gasteiger partial charge in [-0.2, -0.15) is 0 Å². The van der Waals surface area contributed by atoms with Gasteiger partial charge in [-0.15, -0.1) is 0 Å². The van der Waals surface area contributed by atoms with Gasteiger partial charge in [-0.1, -0.05) is 19.1 Å². The third-order valence-electron chi connectivity index (χ3n) is 3.98. The number of benzene rings is 1. The van der Waals surface area contributed by atoms with Crippen LogP contribution in [0.5, 0.6) is 0 Å². The Morgan fingerprint density at radius 1 is 1.33 bits per heavy atom. The van der Waals surface area contributed by atoms with Crippen molar-refractivity contribution in [1.82, 2.24) is 10.2 Å². The second-order valence-electron chi connectivity index (χ2n) is 5.56. The van der Waals surface area contributed by atoms with Crippen LogP contribution in [0.3, 0.4) is 0 Å². The van der Waals surface area contributed by atoms with E-state index in [2.05, 4.69) is 21.8 Å². The van der Waals surface area contributed by atoms with Crippen molar-refractivity contribution >= 4 is 23.1 Å². The van der Waals surface area contributed by atoms with Crippen LogP contribution in [-0.4, -0.2) is 36.3 Å². The number of amides is 1. The van der Waals surface area contributed by atoms with Crippen LogP contribution in [0, 0.1) is 0 Å². The molecule has 3 rings (SSSR count). The molecule has 2 aliphatic rings. The Morgan fingerprint density at radius 2 is 2.10 bits per heavy atom. The summed E-state index contributed by atoms with van der Waals surface area (Å²) in [6.45, 7) is 7.04. The first-order chi connectivity index (χ1) is 10.1. The number of nitrogens with one attached hydrogen (secondary N) is 1. The quantitative estimate of drug-likeness (QED) is 0.890. The highest BCUT2D eigenvalue weighted by molar-refractivity contribution is 6.05. The highest BCUT2D eigenvalue weighted by Crippen LogP contribution is 2.31. The first-order valence-electron chi connectivity index (χ1n) is 7.34. The van der Waals surface area contributed by atoms with Crippen LogP contribution < -0.4 is 11.1 Å². The Bertz CT molecular complexity index is 615. The summed E-state index contributed by atoms with van der Waals surface area (Å²) >= 11 is 0. The number of hydrogen-bond donors (Lipinski definition) is 2. The average Bonchev–Trinajstić information content (AvgIpc) is 2.47. The summed E-state index contributed by atoms with van der Waals surface area (Å²) in [7, 11) is 0. The number of primary amides is 1. The molecule has 0 unspecified atom stereocenters. The van der Waals surface area contributed by atoms with Gasteiger partial charge in [0.1, 0.15) is 5.84 Å². The molecule has 110 valence electrons. The van der Waals surface area contributed by atoms with Crippen molar-refractivity contribution in [2.24, 2.45) is 10.7 Å². The zero-order valence-corrected chi connectivity index (χ0v) is 12.1. The lowest BCUT2D eigenvalue weighted by Gasteiger charge is -2.29. The lowest BCUT2D eigenvalue weighted by molar-refractivity contribution is 0.1000. The van der Waals surface area contributed by atoms with Gasteiger partial charge < -0.3 is 11.1 Å². The average molecular weight is 284 g/mol. The Balaban J connectivity index is 1.88. The number of likely N-dealkylation sites (tertiary alicyclic amines) is 1. The van der Waals surface area contributed by atoms with Crippen LogP contribution in [0.2, 0.25) is 0 Å². The molecular formula is C16H20N4O. The van der Waals surface area contributed by atoms with Crippen molar-refractivity contribution in [1.29, 1.82) is 0 Å². The number of rotatable bonds is 3. The zero-order chi connectivity index (χ0) is 14.8. The maximum atomic E-state index is 11.5. The minimum Gasteiger partial charge on any atom is -0.366 e. The van der Waals surface area contributed by atoms with E-state index in [1.165, 1.54) is 19.3 Å². The van der Waals surface area contributed by atoms with E-state index in [0.717, 1.165) is 31.2 Å². The van der Waals surface area contributed by atoms with Crippen LogP contribution in [0.15, 0.2) is 29.8 Å². The second kappa shape index (κ2) is 5.69. The number of nitrogens with two attached hydrogens (primary N) is 1. The van der Waals surface area contributed by atoms with Gasteiger partial charge in [-0.3, -0.25) is 9.69 Å². The number of fused-ring (bicyclic) bond motifs is 1. The summed E-state index contributed by atoms with van der Waals surface area (Å²) in [5, 5.41) is 3.22. The Kier molecular flexibility index (Phi) is 3.75. The van der Waals surface area contributed by atoms with Gasteiger partial charge in [0.25, 0.3) is 0 Å². The van der Waals surface area contributed by atoms with Crippen LogP contribution in [0.1, 0.15) is 35.2 Å². The molecule has 1 saturated heterocycles. The molecule has 5 nitrogen and oxygen atoms in total. The van der Waals surface area contributed by atoms with Crippen LogP contribution >= 0.6 is 0 Å². The molecule has 1 fully saturated rings. The fourth-order valence-electron chi connectivity index (χ4n) is 2.97. The molecule has 0 radical (unpaired) electrons. The van der Waals surface area contributed by atoms with Crippen LogP contribution in [0.25, 0.3) is 5.70 Å². The van der Waals surface area contributed by atoms with Gasteiger partial charge in [0, 0.05) is 11.3 Å². The monoisotopic (exact) mass is 284 g/mol. The molecule has 2 heterocycles. The second-order valence-corrected chi connectivity index (χ2v) is 5.56. The molecule has 0 saturated carbocycles. The number of nitrogens with zero attached hydrogens (tertiary/aromatic N) is 2. The first-order valence-corrected chi connectivity index (χ1v) is 7.34. The maximum Gasteiger partial charge on any atom is 0.249 e. The van der Waals surface area contributed by atoms with E-state index < -0.39 is 5.91 Å². The number of hydrogen-bond acceptors (Lipinski definition) is 4. The topological polar surface area (TPSA) is 70.7 Å². The Labute approximate surface area is 124 Å². The normalized spacial score (nSPS) is 18.7. The van der Waals surface area contributed by atoms with Gasteiger partial charge >= 0.3 is 0 Å². The third kappa shape index (κ3) is 2.83. The lowest BCUT2D eigenvalue weighted by Crippen LogP contribution is -2.40. The van der Waals surface area contributed by atoms with E-state index in [1.54, 1.807) is 12.1 Å². The molecule has 21 heavy (non-hydrogen) atoms. The maximum absolute atomic E-state index is 11.5. The molecule has 3 N–H and O–H groups in total. The molecule has 0 atom stereocenters. The van der Waals surface area contributed by atoms with Crippen LogP contribution in [0.4, 0.5) is 5.69 Å². The highest BCUT2D eigenvalue weighted by Gasteiger charge is 2.22. The summed E-state index contributed by atoms with van der Waals surface area (Å²) in [5.41, 5.74) is 8.06. The molecule has 2 aliphatic heterocycles. The summed E-state index contributed by atoms with van der Waals surface area (Å²) in [6, 6.07) is 5.41. The minimum absolute atomic E-state index is 0.454. The summed E-state index contributed by atoms with van der Waals surface area (Å²) in [5.74, 6) is 0.431. The van der Waals surface area contributed by atoms with Crippen molar-refractivity contribution in [2.75, 3.05) is 19.6 Å². The van der Waals surface area contributed by atoms with Crippen molar-refractivity contribution in [2.45, 2.75) is 19.3 Å². The number of carbonyl (C=O) groups is 1. The number of aliphatic imine (C=N–C) groups is 1. The van der Waals surface area contributed by atoms with Crippen molar-refractivity contribution in [3.05, 3.63) is 35.9 Å². The zero-order valence-electron chi connectivity index (χ0n) is 12.1. The van der Waals surface area contributed by atoms with E-state index in [9.17, 15) is 4.79 Å². The SMILES string of the molecule is C=C1NC(CN2CCCCC2)=Nc2cccc(C(N)=O)c21. The third-order valence-corrected chi connectivity index (χ3v) is 3.98.